The first-order valence-electron chi connectivity index (χ1n) is 8.60. The van der Waals surface area contributed by atoms with Gasteiger partial charge in [-0.2, -0.15) is 5.10 Å². The van der Waals surface area contributed by atoms with Gasteiger partial charge in [0.1, 0.15) is 23.7 Å². The lowest BCUT2D eigenvalue weighted by Crippen LogP contribution is -2.28. The molecule has 3 heterocycles. The SMILES string of the molecule is Cc1cc2c(o1)CC(C)(C)C[C@H]2Nc1ncnc2c1cnn2CCO. The second-order valence-electron chi connectivity index (χ2n) is 7.53. The Morgan fingerprint density at radius 2 is 2.24 bits per heavy atom. The number of furan rings is 1. The minimum Gasteiger partial charge on any atom is -0.466 e. The van der Waals surface area contributed by atoms with Gasteiger partial charge in [0.25, 0.3) is 0 Å². The number of fused-ring (bicyclic) bond motifs is 2. The van der Waals surface area contributed by atoms with Crippen molar-refractivity contribution in [2.24, 2.45) is 5.41 Å². The predicted molar refractivity (Wildman–Crippen MR) is 94.3 cm³/mol. The molecule has 1 aliphatic rings. The number of nitrogens with zero attached hydrogens (tertiary/aromatic N) is 4. The van der Waals surface area contributed by atoms with Crippen LogP contribution in [0.15, 0.2) is 23.0 Å². The third-order valence-electron chi connectivity index (χ3n) is 4.79. The first kappa shape index (κ1) is 16.1. The Morgan fingerprint density at radius 1 is 1.40 bits per heavy atom. The molecule has 1 atom stereocenters. The minimum absolute atomic E-state index is 0.0258. The highest BCUT2D eigenvalue weighted by Gasteiger charge is 2.35. The van der Waals surface area contributed by atoms with Gasteiger partial charge in [0, 0.05) is 12.0 Å². The van der Waals surface area contributed by atoms with Crippen LogP contribution in [0.4, 0.5) is 5.82 Å². The lowest BCUT2D eigenvalue weighted by atomic mass is 9.74. The van der Waals surface area contributed by atoms with E-state index in [-0.39, 0.29) is 18.1 Å². The van der Waals surface area contributed by atoms with Crippen LogP contribution in [-0.4, -0.2) is 31.5 Å². The summed E-state index contributed by atoms with van der Waals surface area (Å²) >= 11 is 0. The molecule has 0 amide bonds. The van der Waals surface area contributed by atoms with Crippen molar-refractivity contribution in [3.63, 3.8) is 0 Å². The molecule has 1 aliphatic carbocycles. The third kappa shape index (κ3) is 2.89. The Morgan fingerprint density at radius 3 is 3.04 bits per heavy atom. The van der Waals surface area contributed by atoms with Crippen molar-refractivity contribution >= 4 is 16.9 Å². The largest absolute Gasteiger partial charge is 0.466 e. The van der Waals surface area contributed by atoms with E-state index in [9.17, 15) is 0 Å². The highest BCUT2D eigenvalue weighted by atomic mass is 16.3. The number of aliphatic hydroxyl groups is 1. The predicted octanol–water partition coefficient (Wildman–Crippen LogP) is 2.85. The van der Waals surface area contributed by atoms with Crippen LogP contribution in [0.25, 0.3) is 11.0 Å². The van der Waals surface area contributed by atoms with Crippen LogP contribution in [0, 0.1) is 12.3 Å². The molecule has 0 spiro atoms. The molecule has 0 saturated heterocycles. The molecule has 132 valence electrons. The monoisotopic (exact) mass is 341 g/mol. The molecule has 0 bridgehead atoms. The molecule has 2 N–H and O–H groups in total. The third-order valence-corrected chi connectivity index (χ3v) is 4.79. The Labute approximate surface area is 146 Å². The van der Waals surface area contributed by atoms with Gasteiger partial charge in [0.2, 0.25) is 0 Å². The number of aryl methyl sites for hydroxylation is 1. The van der Waals surface area contributed by atoms with Crippen molar-refractivity contribution < 1.29 is 9.52 Å². The van der Waals surface area contributed by atoms with Gasteiger partial charge in [0.05, 0.1) is 30.8 Å². The van der Waals surface area contributed by atoms with Crippen molar-refractivity contribution in [2.75, 3.05) is 11.9 Å². The van der Waals surface area contributed by atoms with Crippen molar-refractivity contribution in [2.45, 2.75) is 46.2 Å². The summed E-state index contributed by atoms with van der Waals surface area (Å²) in [4.78, 5) is 8.74. The van der Waals surface area contributed by atoms with E-state index in [0.717, 1.165) is 41.2 Å². The highest BCUT2D eigenvalue weighted by molar-refractivity contribution is 5.86. The molecule has 7 nitrogen and oxygen atoms in total. The van der Waals surface area contributed by atoms with Crippen molar-refractivity contribution in [3.05, 3.63) is 35.7 Å². The number of aliphatic hydroxyl groups excluding tert-OH is 1. The lowest BCUT2D eigenvalue weighted by molar-refractivity contribution is 0.261. The van der Waals surface area contributed by atoms with Gasteiger partial charge in [0.15, 0.2) is 5.65 Å². The number of aromatic nitrogens is 4. The Balaban J connectivity index is 1.71. The summed E-state index contributed by atoms with van der Waals surface area (Å²) in [5.74, 6) is 2.77. The smallest absolute Gasteiger partial charge is 0.163 e. The fraction of sp³-hybridized carbons (Fsp3) is 0.500. The molecule has 0 radical (unpaired) electrons. The van der Waals surface area contributed by atoms with Crippen LogP contribution < -0.4 is 5.32 Å². The van der Waals surface area contributed by atoms with Gasteiger partial charge in [-0.3, -0.25) is 0 Å². The summed E-state index contributed by atoms with van der Waals surface area (Å²) in [7, 11) is 0. The number of rotatable bonds is 4. The van der Waals surface area contributed by atoms with E-state index >= 15 is 0 Å². The van der Waals surface area contributed by atoms with E-state index in [1.165, 1.54) is 11.9 Å². The van der Waals surface area contributed by atoms with Crippen molar-refractivity contribution in [3.8, 4) is 0 Å². The zero-order valence-electron chi connectivity index (χ0n) is 14.8. The molecular weight excluding hydrogens is 318 g/mol. The molecule has 4 rings (SSSR count). The highest BCUT2D eigenvalue weighted by Crippen LogP contribution is 2.43. The summed E-state index contributed by atoms with van der Waals surface area (Å²) in [6.07, 6.45) is 5.23. The van der Waals surface area contributed by atoms with E-state index in [1.54, 1.807) is 10.9 Å². The molecule has 0 saturated carbocycles. The standard InChI is InChI=1S/C18H23N5O2/c1-11-6-12-14(7-18(2,3)8-15(12)25-11)22-16-13-9-21-23(4-5-24)17(13)20-10-19-16/h6,9-10,14,24H,4-5,7-8H2,1-3H3,(H,19,20,22)/t14-/m1/s1. The summed E-state index contributed by atoms with van der Waals surface area (Å²) in [5, 5.41) is 17.9. The molecule has 0 aromatic carbocycles. The molecule has 25 heavy (non-hydrogen) atoms. The van der Waals surface area contributed by atoms with E-state index in [0.29, 0.717) is 6.54 Å². The number of hydrogen-bond donors (Lipinski definition) is 2. The summed E-state index contributed by atoms with van der Waals surface area (Å²) in [5.41, 5.74) is 2.10. The quantitative estimate of drug-likeness (QED) is 0.758. The van der Waals surface area contributed by atoms with Gasteiger partial charge in [-0.05, 0) is 24.8 Å². The van der Waals surface area contributed by atoms with E-state index in [4.69, 9.17) is 9.52 Å². The van der Waals surface area contributed by atoms with Crippen LogP contribution >= 0.6 is 0 Å². The second-order valence-corrected chi connectivity index (χ2v) is 7.53. The average molecular weight is 341 g/mol. The summed E-state index contributed by atoms with van der Waals surface area (Å²) in [6, 6.07) is 2.26. The molecule has 0 aliphatic heterocycles. The molecule has 7 heteroatoms. The first-order chi connectivity index (χ1) is 12.0. The molecule has 0 unspecified atom stereocenters. The van der Waals surface area contributed by atoms with Gasteiger partial charge in [-0.15, -0.1) is 0 Å². The van der Waals surface area contributed by atoms with Gasteiger partial charge >= 0.3 is 0 Å². The number of anilines is 1. The Bertz CT molecular complexity index is 911. The molecular formula is C18H23N5O2. The first-order valence-corrected chi connectivity index (χ1v) is 8.60. The fourth-order valence-corrected chi connectivity index (χ4v) is 3.74. The van der Waals surface area contributed by atoms with Gasteiger partial charge in [-0.25, -0.2) is 14.6 Å². The zero-order valence-corrected chi connectivity index (χ0v) is 14.8. The van der Waals surface area contributed by atoms with Crippen LogP contribution in [-0.2, 0) is 13.0 Å². The fourth-order valence-electron chi connectivity index (χ4n) is 3.74. The lowest BCUT2D eigenvalue weighted by Gasteiger charge is -2.35. The van der Waals surface area contributed by atoms with Crippen molar-refractivity contribution in [1.29, 1.82) is 0 Å². The Kier molecular flexibility index (Phi) is 3.76. The summed E-state index contributed by atoms with van der Waals surface area (Å²) in [6.45, 7) is 6.96. The van der Waals surface area contributed by atoms with E-state index in [1.807, 2.05) is 6.92 Å². The van der Waals surface area contributed by atoms with E-state index in [2.05, 4.69) is 40.3 Å². The maximum absolute atomic E-state index is 9.17. The topological polar surface area (TPSA) is 89.0 Å². The van der Waals surface area contributed by atoms with Crippen LogP contribution in [0.3, 0.4) is 0 Å². The summed E-state index contributed by atoms with van der Waals surface area (Å²) < 4.78 is 7.61. The number of hydrogen-bond acceptors (Lipinski definition) is 6. The number of nitrogens with one attached hydrogen (secondary N) is 1. The maximum atomic E-state index is 9.17. The van der Waals surface area contributed by atoms with Crippen LogP contribution in [0.5, 0.6) is 0 Å². The van der Waals surface area contributed by atoms with Crippen molar-refractivity contribution in [1.82, 2.24) is 19.7 Å². The second kappa shape index (κ2) is 5.84. The van der Waals surface area contributed by atoms with Gasteiger partial charge in [-0.1, -0.05) is 13.8 Å². The minimum atomic E-state index is 0.0258. The molecule has 0 fully saturated rings. The van der Waals surface area contributed by atoms with E-state index < -0.39 is 0 Å². The Hall–Kier alpha value is -2.41. The zero-order chi connectivity index (χ0) is 17.6. The average Bonchev–Trinajstić information content (AvgIpc) is 3.11. The maximum Gasteiger partial charge on any atom is 0.163 e. The normalized spacial score (nSPS) is 19.1. The van der Waals surface area contributed by atoms with Crippen LogP contribution in [0.1, 0.15) is 43.4 Å². The molecule has 3 aromatic heterocycles. The van der Waals surface area contributed by atoms with Crippen LogP contribution in [0.2, 0.25) is 0 Å². The molecule has 3 aromatic rings. The van der Waals surface area contributed by atoms with Gasteiger partial charge < -0.3 is 14.8 Å².